The van der Waals surface area contributed by atoms with E-state index in [9.17, 15) is 14.4 Å². The number of amides is 1. The van der Waals surface area contributed by atoms with Gasteiger partial charge in [0.25, 0.3) is 0 Å². The normalized spacial score (nSPS) is 25.0. The van der Waals surface area contributed by atoms with E-state index < -0.39 is 35.2 Å². The maximum absolute atomic E-state index is 13.0. The number of esters is 2. The minimum absolute atomic E-state index is 0.185. The molecule has 142 valence electrons. The van der Waals surface area contributed by atoms with Crippen molar-refractivity contribution in [3.63, 3.8) is 0 Å². The Kier molecular flexibility index (Phi) is 6.40. The molecule has 1 saturated heterocycles. The molecule has 1 aromatic carbocycles. The number of rotatable bonds is 7. The van der Waals surface area contributed by atoms with Crippen LogP contribution in [0, 0.1) is 17.8 Å². The first-order valence-corrected chi connectivity index (χ1v) is 8.96. The Hall–Kier alpha value is -2.37. The number of nitrogens with one attached hydrogen (secondary N) is 1. The molecule has 2 rings (SSSR count). The van der Waals surface area contributed by atoms with Gasteiger partial charge in [0.1, 0.15) is 11.5 Å². The number of carbonyl (C=O) groups excluding carboxylic acids is 3. The minimum atomic E-state index is -1.28. The molecule has 3 atom stereocenters. The largest absolute Gasteiger partial charge is 0.468 e. The highest BCUT2D eigenvalue weighted by molar-refractivity contribution is 6.04. The summed E-state index contributed by atoms with van der Waals surface area (Å²) in [6, 6.07) is 9.42. The van der Waals surface area contributed by atoms with Crippen molar-refractivity contribution < 1.29 is 23.9 Å². The number of carbonyl (C=O) groups is 3. The molecule has 0 unspecified atom stereocenters. The third-order valence-corrected chi connectivity index (χ3v) is 4.81. The lowest BCUT2D eigenvalue weighted by molar-refractivity contribution is -0.154. The van der Waals surface area contributed by atoms with E-state index in [0.717, 1.165) is 5.56 Å². The molecule has 1 aliphatic rings. The van der Waals surface area contributed by atoms with Gasteiger partial charge in [-0.15, -0.1) is 0 Å². The molecule has 0 aliphatic carbocycles. The van der Waals surface area contributed by atoms with Crippen LogP contribution in [0.4, 0.5) is 0 Å². The Bertz CT molecular complexity index is 657. The highest BCUT2D eigenvalue weighted by Crippen LogP contribution is 2.41. The van der Waals surface area contributed by atoms with E-state index in [2.05, 4.69) is 5.32 Å². The summed E-state index contributed by atoms with van der Waals surface area (Å²) >= 11 is 0. The fraction of sp³-hybridized carbons (Fsp3) is 0.550. The second kappa shape index (κ2) is 8.34. The van der Waals surface area contributed by atoms with E-state index >= 15 is 0 Å². The van der Waals surface area contributed by atoms with Gasteiger partial charge in [-0.1, -0.05) is 44.2 Å². The van der Waals surface area contributed by atoms with Gasteiger partial charge in [-0.2, -0.15) is 0 Å². The summed E-state index contributed by atoms with van der Waals surface area (Å²) in [6.07, 6.45) is 0.785. The first kappa shape index (κ1) is 19.9. The van der Waals surface area contributed by atoms with Gasteiger partial charge in [-0.3, -0.25) is 9.59 Å². The molecular weight excluding hydrogens is 334 g/mol. The summed E-state index contributed by atoms with van der Waals surface area (Å²) in [5, 5.41) is 2.81. The van der Waals surface area contributed by atoms with Crippen molar-refractivity contribution in [2.45, 2.75) is 39.2 Å². The minimum Gasteiger partial charge on any atom is -0.468 e. The molecule has 1 N–H and O–H groups in total. The number of benzene rings is 1. The van der Waals surface area contributed by atoms with Crippen LogP contribution in [0.1, 0.15) is 32.8 Å². The van der Waals surface area contributed by atoms with E-state index in [1.54, 1.807) is 6.92 Å². The zero-order valence-electron chi connectivity index (χ0n) is 15.8. The Morgan fingerprint density at radius 3 is 2.42 bits per heavy atom. The summed E-state index contributed by atoms with van der Waals surface area (Å²) < 4.78 is 10.2. The van der Waals surface area contributed by atoms with Crippen LogP contribution in [-0.2, 0) is 30.3 Å². The molecule has 1 heterocycles. The van der Waals surface area contributed by atoms with Crippen LogP contribution < -0.4 is 5.32 Å². The lowest BCUT2D eigenvalue weighted by atomic mass is 9.72. The molecule has 6 nitrogen and oxygen atoms in total. The first-order valence-electron chi connectivity index (χ1n) is 8.96. The van der Waals surface area contributed by atoms with Crippen LogP contribution in [0.5, 0.6) is 0 Å². The van der Waals surface area contributed by atoms with Crippen LogP contribution in [0.15, 0.2) is 30.3 Å². The molecule has 1 fully saturated rings. The molecule has 0 aromatic heterocycles. The fourth-order valence-corrected chi connectivity index (χ4v) is 3.73. The Morgan fingerprint density at radius 2 is 1.88 bits per heavy atom. The highest BCUT2D eigenvalue weighted by Gasteiger charge is 2.61. The maximum atomic E-state index is 13.0. The third kappa shape index (κ3) is 3.89. The van der Waals surface area contributed by atoms with Crippen molar-refractivity contribution in [3.8, 4) is 0 Å². The maximum Gasteiger partial charge on any atom is 0.332 e. The van der Waals surface area contributed by atoms with Gasteiger partial charge in [0.05, 0.1) is 13.7 Å². The molecule has 6 heteroatoms. The molecule has 0 radical (unpaired) electrons. The van der Waals surface area contributed by atoms with E-state index in [1.165, 1.54) is 7.11 Å². The smallest absolute Gasteiger partial charge is 0.332 e. The van der Waals surface area contributed by atoms with Gasteiger partial charge in [0.15, 0.2) is 0 Å². The van der Waals surface area contributed by atoms with Crippen molar-refractivity contribution >= 4 is 17.8 Å². The highest BCUT2D eigenvalue weighted by atomic mass is 16.5. The molecule has 1 aliphatic heterocycles. The number of hydrogen-bond donors (Lipinski definition) is 1. The van der Waals surface area contributed by atoms with E-state index in [0.29, 0.717) is 6.42 Å². The molecule has 0 saturated carbocycles. The molecule has 0 spiro atoms. The Balaban J connectivity index is 2.53. The monoisotopic (exact) mass is 361 g/mol. The number of ether oxygens (including phenoxy) is 2. The van der Waals surface area contributed by atoms with E-state index in [4.69, 9.17) is 9.47 Å². The standard InChI is InChI=1S/C20H27NO5/c1-5-26-19(24)20(12-14-9-7-6-8-10-14)15(11-13(2)3)16(17(22)21-20)18(23)25-4/h6-10,13,15-16H,5,11-12H2,1-4H3,(H,21,22)/t15-,16+,20-/m0/s1. The van der Waals surface area contributed by atoms with Gasteiger partial charge < -0.3 is 14.8 Å². The first-order chi connectivity index (χ1) is 12.4. The van der Waals surface area contributed by atoms with Crippen LogP contribution >= 0.6 is 0 Å². The van der Waals surface area contributed by atoms with E-state index in [-0.39, 0.29) is 18.9 Å². The summed E-state index contributed by atoms with van der Waals surface area (Å²) in [5.74, 6) is -2.98. The van der Waals surface area contributed by atoms with Crippen LogP contribution in [0.25, 0.3) is 0 Å². The summed E-state index contributed by atoms with van der Waals surface area (Å²) in [6.45, 7) is 5.91. The van der Waals surface area contributed by atoms with Crippen molar-refractivity contribution in [3.05, 3.63) is 35.9 Å². The average Bonchev–Trinajstić information content (AvgIpc) is 2.87. The molecule has 1 amide bonds. The zero-order chi connectivity index (χ0) is 19.3. The van der Waals surface area contributed by atoms with Crippen LogP contribution in [-0.4, -0.2) is 37.1 Å². The van der Waals surface area contributed by atoms with Gasteiger partial charge in [0.2, 0.25) is 5.91 Å². The summed E-state index contributed by atoms with van der Waals surface area (Å²) in [7, 11) is 1.25. The fourth-order valence-electron chi connectivity index (χ4n) is 3.73. The van der Waals surface area contributed by atoms with Crippen LogP contribution in [0.2, 0.25) is 0 Å². The van der Waals surface area contributed by atoms with Gasteiger partial charge >= 0.3 is 11.9 Å². The molecule has 0 bridgehead atoms. The second-order valence-electron chi connectivity index (χ2n) is 7.08. The summed E-state index contributed by atoms with van der Waals surface area (Å²) in [5.41, 5.74) is -0.391. The summed E-state index contributed by atoms with van der Waals surface area (Å²) in [4.78, 5) is 37.9. The van der Waals surface area contributed by atoms with Gasteiger partial charge in [-0.05, 0) is 24.8 Å². The van der Waals surface area contributed by atoms with Gasteiger partial charge in [-0.25, -0.2) is 4.79 Å². The average molecular weight is 361 g/mol. The third-order valence-electron chi connectivity index (χ3n) is 4.81. The SMILES string of the molecule is CCOC(=O)[C@@]1(Cc2ccccc2)NC(=O)[C@H](C(=O)OC)[C@@H]1CC(C)C. The van der Waals surface area contributed by atoms with Crippen molar-refractivity contribution in [1.29, 1.82) is 0 Å². The zero-order valence-corrected chi connectivity index (χ0v) is 15.8. The van der Waals surface area contributed by atoms with Crippen molar-refractivity contribution in [1.82, 2.24) is 5.32 Å². The quantitative estimate of drug-likeness (QED) is 0.594. The van der Waals surface area contributed by atoms with Crippen LogP contribution in [0.3, 0.4) is 0 Å². The Morgan fingerprint density at radius 1 is 1.23 bits per heavy atom. The molecule has 26 heavy (non-hydrogen) atoms. The second-order valence-corrected chi connectivity index (χ2v) is 7.08. The van der Waals surface area contributed by atoms with Gasteiger partial charge in [0, 0.05) is 12.3 Å². The number of hydrogen-bond acceptors (Lipinski definition) is 5. The molecular formula is C20H27NO5. The topological polar surface area (TPSA) is 81.7 Å². The lowest BCUT2D eigenvalue weighted by Gasteiger charge is -2.34. The Labute approximate surface area is 154 Å². The number of methoxy groups -OCH3 is 1. The predicted octanol–water partition coefficient (Wildman–Crippen LogP) is 2.11. The van der Waals surface area contributed by atoms with E-state index in [1.807, 2.05) is 44.2 Å². The molecule has 1 aromatic rings. The van der Waals surface area contributed by atoms with Crippen molar-refractivity contribution in [2.75, 3.05) is 13.7 Å². The lowest BCUT2D eigenvalue weighted by Crippen LogP contribution is -2.56. The predicted molar refractivity (Wildman–Crippen MR) is 96.1 cm³/mol. The van der Waals surface area contributed by atoms with Crippen molar-refractivity contribution in [2.24, 2.45) is 17.8 Å².